The quantitative estimate of drug-likeness (QED) is 0.789. The highest BCUT2D eigenvalue weighted by Gasteiger charge is 2.33. The van der Waals surface area contributed by atoms with E-state index in [1.54, 1.807) is 4.90 Å². The van der Waals surface area contributed by atoms with Crippen LogP contribution in [0.5, 0.6) is 0 Å². The molecule has 1 aliphatic carbocycles. The summed E-state index contributed by atoms with van der Waals surface area (Å²) < 4.78 is 14.4. The second-order valence-corrected chi connectivity index (χ2v) is 7.81. The fourth-order valence-corrected chi connectivity index (χ4v) is 4.63. The zero-order valence-electron chi connectivity index (χ0n) is 14.7. The van der Waals surface area contributed by atoms with Gasteiger partial charge < -0.3 is 9.80 Å². The van der Waals surface area contributed by atoms with Crippen LogP contribution < -0.4 is 0 Å². The molecule has 0 aromatic heterocycles. The minimum absolute atomic E-state index is 0.248. The lowest BCUT2D eigenvalue weighted by molar-refractivity contribution is -0.141. The Morgan fingerprint density at radius 1 is 1.00 bits per heavy atom. The molecule has 1 atom stereocenters. The maximum atomic E-state index is 14.4. The van der Waals surface area contributed by atoms with Crippen LogP contribution >= 0.6 is 0 Å². The van der Waals surface area contributed by atoms with Crippen LogP contribution in [0.4, 0.5) is 4.39 Å². The maximum absolute atomic E-state index is 14.4. The fraction of sp³-hybridized carbons (Fsp3) is 0.895. The third-order valence-electron chi connectivity index (χ3n) is 6.11. The average molecular weight is 338 g/mol. The van der Waals surface area contributed by atoms with Crippen LogP contribution in [0, 0.1) is 5.92 Å². The van der Waals surface area contributed by atoms with Crippen LogP contribution in [0.2, 0.25) is 0 Å². The summed E-state index contributed by atoms with van der Waals surface area (Å²) in [7, 11) is 0. The van der Waals surface area contributed by atoms with Gasteiger partial charge in [0.05, 0.1) is 0 Å². The van der Waals surface area contributed by atoms with Gasteiger partial charge in [0.15, 0.2) is 6.17 Å². The predicted octanol–water partition coefficient (Wildman–Crippen LogP) is 3.30. The molecule has 0 bridgehead atoms. The SMILES string of the molecule is O=C([C@H](F)CC1CCCCC1)N1CCC(N2CCCCC2=O)CC1. The summed E-state index contributed by atoms with van der Waals surface area (Å²) in [6.07, 6.45) is 9.18. The molecule has 1 saturated carbocycles. The molecule has 0 radical (unpaired) electrons. The molecule has 4 nitrogen and oxygen atoms in total. The van der Waals surface area contributed by atoms with Gasteiger partial charge in [-0.1, -0.05) is 32.1 Å². The van der Waals surface area contributed by atoms with Crippen molar-refractivity contribution in [3.05, 3.63) is 0 Å². The van der Waals surface area contributed by atoms with Crippen LogP contribution in [0.1, 0.15) is 70.6 Å². The normalized spacial score (nSPS) is 25.8. The van der Waals surface area contributed by atoms with Crippen molar-refractivity contribution in [3.63, 3.8) is 0 Å². The molecule has 2 heterocycles. The van der Waals surface area contributed by atoms with E-state index in [1.807, 2.05) is 4.90 Å². The van der Waals surface area contributed by atoms with Crippen molar-refractivity contribution in [3.8, 4) is 0 Å². The van der Waals surface area contributed by atoms with E-state index < -0.39 is 6.17 Å². The lowest BCUT2D eigenvalue weighted by Gasteiger charge is -2.40. The number of alkyl halides is 1. The first-order chi connectivity index (χ1) is 11.6. The molecule has 24 heavy (non-hydrogen) atoms. The third-order valence-corrected chi connectivity index (χ3v) is 6.11. The summed E-state index contributed by atoms with van der Waals surface area (Å²) in [6, 6.07) is 0.248. The van der Waals surface area contributed by atoms with E-state index in [0.717, 1.165) is 45.1 Å². The van der Waals surface area contributed by atoms with Gasteiger partial charge in [-0.25, -0.2) is 4.39 Å². The topological polar surface area (TPSA) is 40.6 Å². The number of nitrogens with zero attached hydrogens (tertiary/aromatic N) is 2. The molecular formula is C19H31FN2O2. The molecule has 2 saturated heterocycles. The molecule has 3 fully saturated rings. The molecular weight excluding hydrogens is 307 g/mol. The number of likely N-dealkylation sites (tertiary alicyclic amines) is 2. The summed E-state index contributed by atoms with van der Waals surface area (Å²) in [5, 5.41) is 0. The molecule has 136 valence electrons. The number of halogens is 1. The summed E-state index contributed by atoms with van der Waals surface area (Å²) in [5.74, 6) is 0.330. The van der Waals surface area contributed by atoms with Crippen molar-refractivity contribution in [2.45, 2.75) is 82.8 Å². The number of carbonyl (C=O) groups excluding carboxylic acids is 2. The number of rotatable bonds is 4. The molecule has 0 aromatic carbocycles. The molecule has 0 unspecified atom stereocenters. The fourth-order valence-electron chi connectivity index (χ4n) is 4.63. The molecule has 3 rings (SSSR count). The van der Waals surface area contributed by atoms with Crippen molar-refractivity contribution < 1.29 is 14.0 Å². The number of piperidine rings is 2. The van der Waals surface area contributed by atoms with E-state index in [2.05, 4.69) is 0 Å². The zero-order chi connectivity index (χ0) is 16.9. The highest BCUT2D eigenvalue weighted by Crippen LogP contribution is 2.29. The Balaban J connectivity index is 1.45. The second-order valence-electron chi connectivity index (χ2n) is 7.81. The van der Waals surface area contributed by atoms with E-state index in [0.29, 0.717) is 31.8 Å². The molecule has 0 N–H and O–H groups in total. The van der Waals surface area contributed by atoms with Crippen LogP contribution in [-0.4, -0.2) is 53.5 Å². The van der Waals surface area contributed by atoms with Gasteiger partial charge in [0.1, 0.15) is 0 Å². The lowest BCUT2D eigenvalue weighted by Crippen LogP contribution is -2.51. The minimum Gasteiger partial charge on any atom is -0.340 e. The largest absolute Gasteiger partial charge is 0.340 e. The van der Waals surface area contributed by atoms with Crippen LogP contribution in [0.3, 0.4) is 0 Å². The van der Waals surface area contributed by atoms with E-state index in [-0.39, 0.29) is 17.9 Å². The molecule has 0 aromatic rings. The van der Waals surface area contributed by atoms with Crippen molar-refractivity contribution >= 4 is 11.8 Å². The van der Waals surface area contributed by atoms with Gasteiger partial charge in [-0.3, -0.25) is 9.59 Å². The van der Waals surface area contributed by atoms with E-state index >= 15 is 0 Å². The van der Waals surface area contributed by atoms with Crippen LogP contribution in [0.15, 0.2) is 0 Å². The van der Waals surface area contributed by atoms with Crippen LogP contribution in [0.25, 0.3) is 0 Å². The van der Waals surface area contributed by atoms with Crippen molar-refractivity contribution in [1.82, 2.24) is 9.80 Å². The first-order valence-corrected chi connectivity index (χ1v) is 9.87. The molecule has 3 aliphatic rings. The Kier molecular flexibility index (Phi) is 6.12. The maximum Gasteiger partial charge on any atom is 0.257 e. The van der Waals surface area contributed by atoms with Gasteiger partial charge in [-0.2, -0.15) is 0 Å². The standard InChI is InChI=1S/C19H31FN2O2/c20-17(14-15-6-2-1-3-7-15)19(24)21-12-9-16(10-13-21)22-11-5-4-8-18(22)23/h15-17H,1-14H2/t17-/m1/s1. The van der Waals surface area contributed by atoms with Crippen molar-refractivity contribution in [2.75, 3.05) is 19.6 Å². The van der Waals surface area contributed by atoms with Crippen LogP contribution in [-0.2, 0) is 9.59 Å². The van der Waals surface area contributed by atoms with Gasteiger partial charge >= 0.3 is 0 Å². The Morgan fingerprint density at radius 3 is 2.38 bits per heavy atom. The first-order valence-electron chi connectivity index (χ1n) is 9.87. The van der Waals surface area contributed by atoms with Crippen molar-refractivity contribution in [2.24, 2.45) is 5.92 Å². The Labute approximate surface area is 144 Å². The highest BCUT2D eigenvalue weighted by atomic mass is 19.1. The Morgan fingerprint density at radius 2 is 1.71 bits per heavy atom. The summed E-state index contributed by atoms with van der Waals surface area (Å²) in [6.45, 7) is 2.04. The van der Waals surface area contributed by atoms with Gasteiger partial charge in [0.25, 0.3) is 5.91 Å². The summed E-state index contributed by atoms with van der Waals surface area (Å²) in [4.78, 5) is 28.1. The average Bonchev–Trinajstić information content (AvgIpc) is 2.62. The van der Waals surface area contributed by atoms with E-state index in [9.17, 15) is 14.0 Å². The first kappa shape index (κ1) is 17.7. The number of carbonyl (C=O) groups is 2. The third kappa shape index (κ3) is 4.28. The zero-order valence-corrected chi connectivity index (χ0v) is 14.7. The summed E-state index contributed by atoms with van der Waals surface area (Å²) >= 11 is 0. The Hall–Kier alpha value is -1.13. The van der Waals surface area contributed by atoms with Crippen molar-refractivity contribution in [1.29, 1.82) is 0 Å². The monoisotopic (exact) mass is 338 g/mol. The number of amides is 2. The molecule has 5 heteroatoms. The van der Waals surface area contributed by atoms with E-state index in [1.165, 1.54) is 19.3 Å². The summed E-state index contributed by atoms with van der Waals surface area (Å²) in [5.41, 5.74) is 0. The van der Waals surface area contributed by atoms with Gasteiger partial charge in [-0.15, -0.1) is 0 Å². The molecule has 0 spiro atoms. The van der Waals surface area contributed by atoms with Gasteiger partial charge in [-0.05, 0) is 38.0 Å². The highest BCUT2D eigenvalue weighted by molar-refractivity contribution is 5.81. The second kappa shape index (κ2) is 8.30. The smallest absolute Gasteiger partial charge is 0.257 e. The molecule has 2 aliphatic heterocycles. The molecule has 2 amide bonds. The van der Waals surface area contributed by atoms with Gasteiger partial charge in [0, 0.05) is 32.1 Å². The predicted molar refractivity (Wildman–Crippen MR) is 91.3 cm³/mol. The lowest BCUT2D eigenvalue weighted by atomic mass is 9.85. The number of hydrogen-bond donors (Lipinski definition) is 0. The minimum atomic E-state index is -1.33. The van der Waals surface area contributed by atoms with E-state index in [4.69, 9.17) is 0 Å². The number of hydrogen-bond acceptors (Lipinski definition) is 2. The van der Waals surface area contributed by atoms with Gasteiger partial charge in [0.2, 0.25) is 5.91 Å². The Bertz CT molecular complexity index is 443.